The minimum atomic E-state index is -0.0105. The van der Waals surface area contributed by atoms with E-state index in [1.165, 1.54) is 101 Å². The molecule has 1 aliphatic carbocycles. The molecule has 2 heterocycles. The smallest absolute Gasteiger partial charge is 0.252 e. The first-order valence-corrected chi connectivity index (χ1v) is 21.7. The lowest BCUT2D eigenvalue weighted by molar-refractivity contribution is 0.568. The third-order valence-corrected chi connectivity index (χ3v) is 13.1. The van der Waals surface area contributed by atoms with Crippen molar-refractivity contribution in [2.45, 2.75) is 124 Å². The molecular weight excluding hydrogens is 699 g/mol. The van der Waals surface area contributed by atoms with Crippen LogP contribution in [0.1, 0.15) is 123 Å². The molecule has 0 atom stereocenters. The molecule has 3 heteroatoms. The monoisotopic (exact) mass is 760 g/mol. The maximum absolute atomic E-state index is 2.64. The van der Waals surface area contributed by atoms with Crippen molar-refractivity contribution < 1.29 is 0 Å². The Morgan fingerprint density at radius 2 is 0.862 bits per heavy atom. The molecule has 0 unspecified atom stereocenters. The molecule has 0 amide bonds. The van der Waals surface area contributed by atoms with Crippen LogP contribution in [-0.4, -0.2) is 6.71 Å². The van der Waals surface area contributed by atoms with E-state index in [0.717, 1.165) is 12.8 Å². The van der Waals surface area contributed by atoms with E-state index in [-0.39, 0.29) is 28.4 Å². The van der Waals surface area contributed by atoms with E-state index >= 15 is 0 Å². The molecule has 0 N–H and O–H groups in total. The molecule has 2 aliphatic heterocycles. The summed E-state index contributed by atoms with van der Waals surface area (Å²) in [5, 5.41) is 0. The van der Waals surface area contributed by atoms with E-state index in [0.29, 0.717) is 0 Å². The normalized spacial score (nSPS) is 14.9. The molecule has 0 bridgehead atoms. The van der Waals surface area contributed by atoms with Gasteiger partial charge in [-0.25, -0.2) is 0 Å². The van der Waals surface area contributed by atoms with E-state index in [1.807, 2.05) is 0 Å². The Labute approximate surface area is 349 Å². The summed E-state index contributed by atoms with van der Waals surface area (Å²) in [4.78, 5) is 5.25. The second-order valence-corrected chi connectivity index (χ2v) is 21.5. The van der Waals surface area contributed by atoms with Gasteiger partial charge in [0, 0.05) is 34.1 Å². The number of hydrogen-bond donors (Lipinski definition) is 0. The predicted molar refractivity (Wildman–Crippen MR) is 253 cm³/mol. The minimum Gasteiger partial charge on any atom is -0.311 e. The molecule has 9 rings (SSSR count). The Balaban J connectivity index is 1.39. The SMILES string of the molecule is CC(C)(C)c1cc(N2c3ccc(-c4ccccc4)cc3B3c4cc5c(cc4N(c4cc(C(C)(C)C)cc(C(C)(C)C)c4)c4cccc2c43)CCC5)cc(C(C)(C)C)c1. The van der Waals surface area contributed by atoms with Crippen molar-refractivity contribution in [3.05, 3.63) is 149 Å². The van der Waals surface area contributed by atoms with Crippen molar-refractivity contribution in [3.8, 4) is 11.1 Å². The van der Waals surface area contributed by atoms with Crippen LogP contribution in [0.25, 0.3) is 11.1 Å². The molecule has 0 saturated heterocycles. The topological polar surface area (TPSA) is 6.48 Å². The summed E-state index contributed by atoms with van der Waals surface area (Å²) in [5.41, 5.74) is 22.8. The fourth-order valence-electron chi connectivity index (χ4n) is 9.59. The van der Waals surface area contributed by atoms with Gasteiger partial charge in [-0.15, -0.1) is 0 Å². The van der Waals surface area contributed by atoms with Crippen molar-refractivity contribution in [2.75, 3.05) is 9.80 Å². The first-order chi connectivity index (χ1) is 27.3. The molecule has 0 saturated carbocycles. The van der Waals surface area contributed by atoms with Crippen LogP contribution in [0, 0.1) is 0 Å². The zero-order valence-corrected chi connectivity index (χ0v) is 37.1. The summed E-state index contributed by atoms with van der Waals surface area (Å²) in [6.45, 7) is 28.3. The summed E-state index contributed by atoms with van der Waals surface area (Å²) in [5.74, 6) is 0. The molecule has 58 heavy (non-hydrogen) atoms. The van der Waals surface area contributed by atoms with Crippen molar-refractivity contribution in [2.24, 2.45) is 0 Å². The molecule has 0 radical (unpaired) electrons. The average Bonchev–Trinajstić information content (AvgIpc) is 3.63. The number of benzene rings is 6. The fourth-order valence-corrected chi connectivity index (χ4v) is 9.59. The highest BCUT2D eigenvalue weighted by Crippen LogP contribution is 2.48. The van der Waals surface area contributed by atoms with Crippen LogP contribution in [-0.2, 0) is 34.5 Å². The number of nitrogens with zero attached hydrogens (tertiary/aromatic N) is 2. The first kappa shape index (κ1) is 38.5. The van der Waals surface area contributed by atoms with Gasteiger partial charge in [0.15, 0.2) is 0 Å². The van der Waals surface area contributed by atoms with Crippen LogP contribution in [0.5, 0.6) is 0 Å². The van der Waals surface area contributed by atoms with E-state index in [2.05, 4.69) is 208 Å². The third-order valence-electron chi connectivity index (χ3n) is 13.1. The lowest BCUT2D eigenvalue weighted by Crippen LogP contribution is -2.61. The van der Waals surface area contributed by atoms with Gasteiger partial charge < -0.3 is 9.80 Å². The number of hydrogen-bond acceptors (Lipinski definition) is 2. The summed E-state index contributed by atoms with van der Waals surface area (Å²) in [6, 6.07) is 45.3. The Kier molecular flexibility index (Phi) is 8.80. The van der Waals surface area contributed by atoms with E-state index in [9.17, 15) is 0 Å². The van der Waals surface area contributed by atoms with Crippen LogP contribution in [0.3, 0.4) is 0 Å². The van der Waals surface area contributed by atoms with E-state index in [4.69, 9.17) is 0 Å². The average molecular weight is 761 g/mol. The van der Waals surface area contributed by atoms with Gasteiger partial charge in [-0.05, 0) is 150 Å². The maximum Gasteiger partial charge on any atom is 0.252 e. The van der Waals surface area contributed by atoms with Crippen LogP contribution in [0.2, 0.25) is 0 Å². The van der Waals surface area contributed by atoms with Crippen molar-refractivity contribution >= 4 is 57.2 Å². The number of aryl methyl sites for hydroxylation is 2. The maximum atomic E-state index is 2.64. The highest BCUT2D eigenvalue weighted by atomic mass is 15.2. The van der Waals surface area contributed by atoms with E-state index in [1.54, 1.807) is 0 Å². The first-order valence-electron chi connectivity index (χ1n) is 21.7. The lowest BCUT2D eigenvalue weighted by Gasteiger charge is -2.45. The second-order valence-electron chi connectivity index (χ2n) is 21.5. The molecule has 294 valence electrons. The number of anilines is 6. The van der Waals surface area contributed by atoms with Gasteiger partial charge in [-0.1, -0.05) is 150 Å². The van der Waals surface area contributed by atoms with Gasteiger partial charge in [0.25, 0.3) is 6.71 Å². The highest BCUT2D eigenvalue weighted by Gasteiger charge is 2.44. The third kappa shape index (κ3) is 6.50. The molecule has 0 fully saturated rings. The predicted octanol–water partition coefficient (Wildman–Crippen LogP) is 13.1. The lowest BCUT2D eigenvalue weighted by atomic mass is 9.33. The molecule has 6 aromatic rings. The summed E-state index contributed by atoms with van der Waals surface area (Å²) >= 11 is 0. The number of rotatable bonds is 3. The number of fused-ring (bicyclic) bond motifs is 5. The molecule has 3 aliphatic rings. The van der Waals surface area contributed by atoms with Crippen LogP contribution >= 0.6 is 0 Å². The second kappa shape index (κ2) is 13.3. The molecule has 6 aromatic carbocycles. The van der Waals surface area contributed by atoms with Gasteiger partial charge >= 0.3 is 0 Å². The molecule has 2 nitrogen and oxygen atoms in total. The Morgan fingerprint density at radius 3 is 1.36 bits per heavy atom. The standard InChI is InChI=1S/C55H61BN2/c1-52(2,3)39-29-40(53(4,5)6)32-43(31-39)57-47-25-24-38(35-18-14-13-15-19-35)27-45(47)56-46-26-36-20-16-21-37(36)28-50(46)58(49-23-17-22-48(57)51(49)56)44-33-41(54(7,8)9)30-42(34-44)55(10,11)12/h13-15,17-19,22-34H,16,20-21H2,1-12H3. The summed E-state index contributed by atoms with van der Waals surface area (Å²) in [6.07, 6.45) is 3.51. The largest absolute Gasteiger partial charge is 0.311 e. The van der Waals surface area contributed by atoms with Crippen molar-refractivity contribution in [1.29, 1.82) is 0 Å². The van der Waals surface area contributed by atoms with Gasteiger partial charge in [0.05, 0.1) is 0 Å². The quantitative estimate of drug-likeness (QED) is 0.166. The Morgan fingerprint density at radius 1 is 0.397 bits per heavy atom. The van der Waals surface area contributed by atoms with Gasteiger partial charge in [0.1, 0.15) is 0 Å². The Bertz CT molecular complexity index is 2520. The van der Waals surface area contributed by atoms with Gasteiger partial charge in [-0.3, -0.25) is 0 Å². The van der Waals surface area contributed by atoms with Gasteiger partial charge in [-0.2, -0.15) is 0 Å². The fraction of sp³-hybridized carbons (Fsp3) is 0.345. The summed E-state index contributed by atoms with van der Waals surface area (Å²) < 4.78 is 0. The van der Waals surface area contributed by atoms with Crippen molar-refractivity contribution in [1.82, 2.24) is 0 Å². The van der Waals surface area contributed by atoms with Crippen molar-refractivity contribution in [3.63, 3.8) is 0 Å². The zero-order chi connectivity index (χ0) is 41.1. The molecular formula is C55H61BN2. The van der Waals surface area contributed by atoms with E-state index < -0.39 is 0 Å². The molecule has 0 aromatic heterocycles. The minimum absolute atomic E-state index is 0.00236. The van der Waals surface area contributed by atoms with Gasteiger partial charge in [0.2, 0.25) is 0 Å². The highest BCUT2D eigenvalue weighted by molar-refractivity contribution is 7.00. The Hall–Kier alpha value is -5.02. The molecule has 0 spiro atoms. The van der Waals surface area contributed by atoms with Crippen LogP contribution in [0.4, 0.5) is 34.1 Å². The van der Waals surface area contributed by atoms with Crippen LogP contribution in [0.15, 0.2) is 115 Å². The zero-order valence-electron chi connectivity index (χ0n) is 37.1. The van der Waals surface area contributed by atoms with Crippen LogP contribution < -0.4 is 26.2 Å². The summed E-state index contributed by atoms with van der Waals surface area (Å²) in [7, 11) is 0.